The Morgan fingerprint density at radius 1 is 1.19 bits per heavy atom. The number of hydrogen-bond acceptors (Lipinski definition) is 4. The van der Waals surface area contributed by atoms with Crippen LogP contribution in [0.15, 0.2) is 42.5 Å². The standard InChI is InChI=1S/C20H20N2O5/c1-22-9-8-16(19(22)24)21-18(23)13-5-3-4-12(10-13)15-7-6-14(20(25)26)11-17(15)27-2/h3-7,10-11,16H,8-9H2,1-2H3,(H,21,23)(H,25,26). The maximum absolute atomic E-state index is 12.5. The summed E-state index contributed by atoms with van der Waals surface area (Å²) < 4.78 is 5.31. The minimum absolute atomic E-state index is 0.0922. The Balaban J connectivity index is 1.86. The monoisotopic (exact) mass is 368 g/mol. The zero-order chi connectivity index (χ0) is 19.6. The molecular formula is C20H20N2O5. The van der Waals surface area contributed by atoms with E-state index in [2.05, 4.69) is 5.32 Å². The van der Waals surface area contributed by atoms with Crippen molar-refractivity contribution in [3.8, 4) is 16.9 Å². The van der Waals surface area contributed by atoms with E-state index in [1.54, 1.807) is 36.2 Å². The smallest absolute Gasteiger partial charge is 0.335 e. The van der Waals surface area contributed by atoms with E-state index < -0.39 is 12.0 Å². The van der Waals surface area contributed by atoms with Crippen LogP contribution >= 0.6 is 0 Å². The van der Waals surface area contributed by atoms with Crippen molar-refractivity contribution in [3.63, 3.8) is 0 Å². The first-order valence-electron chi connectivity index (χ1n) is 8.48. The van der Waals surface area contributed by atoms with Crippen LogP contribution < -0.4 is 10.1 Å². The van der Waals surface area contributed by atoms with Crippen LogP contribution in [0.1, 0.15) is 27.1 Å². The van der Waals surface area contributed by atoms with Gasteiger partial charge in [0.2, 0.25) is 5.91 Å². The fraction of sp³-hybridized carbons (Fsp3) is 0.250. The lowest BCUT2D eigenvalue weighted by Gasteiger charge is -2.14. The van der Waals surface area contributed by atoms with Crippen LogP contribution in [0, 0.1) is 0 Å². The highest BCUT2D eigenvalue weighted by molar-refractivity contribution is 5.99. The lowest BCUT2D eigenvalue weighted by atomic mass is 10.00. The van der Waals surface area contributed by atoms with Gasteiger partial charge in [0, 0.05) is 24.7 Å². The average molecular weight is 368 g/mol. The molecule has 0 aromatic heterocycles. The number of carboxylic acid groups (broad SMARTS) is 1. The molecule has 2 N–H and O–H groups in total. The van der Waals surface area contributed by atoms with Crippen LogP contribution in [0.4, 0.5) is 0 Å². The van der Waals surface area contributed by atoms with Crippen molar-refractivity contribution >= 4 is 17.8 Å². The molecule has 1 fully saturated rings. The molecule has 140 valence electrons. The summed E-state index contributed by atoms with van der Waals surface area (Å²) in [6.45, 7) is 0.622. The van der Waals surface area contributed by atoms with Gasteiger partial charge in [0.15, 0.2) is 0 Å². The van der Waals surface area contributed by atoms with Crippen molar-refractivity contribution in [2.24, 2.45) is 0 Å². The van der Waals surface area contributed by atoms with Gasteiger partial charge in [0.05, 0.1) is 12.7 Å². The summed E-state index contributed by atoms with van der Waals surface area (Å²) in [5.41, 5.74) is 1.92. The molecule has 0 spiro atoms. The summed E-state index contributed by atoms with van der Waals surface area (Å²) in [6.07, 6.45) is 0.589. The molecule has 1 heterocycles. The highest BCUT2D eigenvalue weighted by atomic mass is 16.5. The van der Waals surface area contributed by atoms with Gasteiger partial charge in [0.1, 0.15) is 11.8 Å². The number of carbonyl (C=O) groups excluding carboxylic acids is 2. The molecule has 0 aliphatic carbocycles. The van der Waals surface area contributed by atoms with Crippen LogP contribution in [-0.2, 0) is 4.79 Å². The van der Waals surface area contributed by atoms with Gasteiger partial charge in [-0.05, 0) is 42.3 Å². The van der Waals surface area contributed by atoms with Gasteiger partial charge in [-0.2, -0.15) is 0 Å². The Hall–Kier alpha value is -3.35. The maximum Gasteiger partial charge on any atom is 0.335 e. The molecule has 2 amide bonds. The molecule has 1 aliphatic rings. The summed E-state index contributed by atoms with van der Waals surface area (Å²) >= 11 is 0. The topological polar surface area (TPSA) is 95.9 Å². The lowest BCUT2D eigenvalue weighted by Crippen LogP contribution is -2.40. The molecule has 7 heteroatoms. The second kappa shape index (κ2) is 7.49. The van der Waals surface area contributed by atoms with Crippen molar-refractivity contribution in [1.82, 2.24) is 10.2 Å². The minimum Gasteiger partial charge on any atom is -0.496 e. The molecule has 2 aromatic rings. The van der Waals surface area contributed by atoms with E-state index in [0.717, 1.165) is 0 Å². The number of amides is 2. The molecule has 0 saturated carbocycles. The van der Waals surface area contributed by atoms with Crippen molar-refractivity contribution < 1.29 is 24.2 Å². The number of aromatic carboxylic acids is 1. The third-order valence-corrected chi connectivity index (χ3v) is 4.62. The van der Waals surface area contributed by atoms with Crippen molar-refractivity contribution in [1.29, 1.82) is 0 Å². The van der Waals surface area contributed by atoms with Crippen LogP contribution in [0.5, 0.6) is 5.75 Å². The van der Waals surface area contributed by atoms with Crippen LogP contribution in [-0.4, -0.2) is 54.5 Å². The molecule has 2 aromatic carbocycles. The van der Waals surface area contributed by atoms with E-state index in [0.29, 0.717) is 35.4 Å². The molecule has 1 unspecified atom stereocenters. The fourth-order valence-corrected chi connectivity index (χ4v) is 3.09. The van der Waals surface area contributed by atoms with Crippen LogP contribution in [0.3, 0.4) is 0 Å². The summed E-state index contributed by atoms with van der Waals surface area (Å²) in [5.74, 6) is -1.06. The third kappa shape index (κ3) is 3.76. The summed E-state index contributed by atoms with van der Waals surface area (Å²) in [6, 6.07) is 11.0. The van der Waals surface area contributed by atoms with Gasteiger partial charge in [-0.3, -0.25) is 9.59 Å². The Morgan fingerprint density at radius 3 is 2.59 bits per heavy atom. The van der Waals surface area contributed by atoms with Gasteiger partial charge in [-0.1, -0.05) is 12.1 Å². The maximum atomic E-state index is 12.5. The molecule has 0 radical (unpaired) electrons. The molecular weight excluding hydrogens is 348 g/mol. The number of nitrogens with zero attached hydrogens (tertiary/aromatic N) is 1. The molecule has 7 nitrogen and oxygen atoms in total. The summed E-state index contributed by atoms with van der Waals surface area (Å²) in [4.78, 5) is 37.2. The predicted octanol–water partition coefficient (Wildman–Crippen LogP) is 2.02. The molecule has 0 bridgehead atoms. The summed E-state index contributed by atoms with van der Waals surface area (Å²) in [7, 11) is 3.17. The van der Waals surface area contributed by atoms with Crippen LogP contribution in [0.2, 0.25) is 0 Å². The largest absolute Gasteiger partial charge is 0.496 e. The minimum atomic E-state index is -1.04. The highest BCUT2D eigenvalue weighted by Gasteiger charge is 2.30. The number of likely N-dealkylation sites (tertiary alicyclic amines) is 1. The fourth-order valence-electron chi connectivity index (χ4n) is 3.09. The predicted molar refractivity (Wildman–Crippen MR) is 98.9 cm³/mol. The van der Waals surface area contributed by atoms with E-state index in [-0.39, 0.29) is 17.4 Å². The normalized spacial score (nSPS) is 16.3. The van der Waals surface area contributed by atoms with E-state index in [1.165, 1.54) is 19.2 Å². The first-order chi connectivity index (χ1) is 12.9. The molecule has 27 heavy (non-hydrogen) atoms. The average Bonchev–Trinajstić information content (AvgIpc) is 2.99. The first-order valence-corrected chi connectivity index (χ1v) is 8.48. The molecule has 3 rings (SSSR count). The van der Waals surface area contributed by atoms with Gasteiger partial charge < -0.3 is 20.1 Å². The zero-order valence-electron chi connectivity index (χ0n) is 15.1. The molecule has 1 saturated heterocycles. The number of carboxylic acids is 1. The van der Waals surface area contributed by atoms with Gasteiger partial charge in [0.25, 0.3) is 5.91 Å². The highest BCUT2D eigenvalue weighted by Crippen LogP contribution is 2.31. The van der Waals surface area contributed by atoms with Crippen molar-refractivity contribution in [3.05, 3.63) is 53.6 Å². The summed E-state index contributed by atoms with van der Waals surface area (Å²) in [5, 5.41) is 11.9. The SMILES string of the molecule is COc1cc(C(=O)O)ccc1-c1cccc(C(=O)NC2CCN(C)C2=O)c1. The number of nitrogens with one attached hydrogen (secondary N) is 1. The van der Waals surface area contributed by atoms with Gasteiger partial charge in [-0.15, -0.1) is 0 Å². The van der Waals surface area contributed by atoms with Gasteiger partial charge >= 0.3 is 5.97 Å². The van der Waals surface area contributed by atoms with E-state index in [1.807, 2.05) is 6.07 Å². The first kappa shape index (κ1) is 18.4. The third-order valence-electron chi connectivity index (χ3n) is 4.62. The molecule has 1 aliphatic heterocycles. The Bertz CT molecular complexity index is 909. The van der Waals surface area contributed by atoms with E-state index in [4.69, 9.17) is 9.84 Å². The Kier molecular flexibility index (Phi) is 5.12. The van der Waals surface area contributed by atoms with Crippen molar-refractivity contribution in [2.45, 2.75) is 12.5 Å². The quantitative estimate of drug-likeness (QED) is 0.842. The lowest BCUT2D eigenvalue weighted by molar-refractivity contribution is -0.128. The number of hydrogen-bond donors (Lipinski definition) is 2. The second-order valence-corrected chi connectivity index (χ2v) is 6.38. The van der Waals surface area contributed by atoms with E-state index in [9.17, 15) is 14.4 Å². The zero-order valence-corrected chi connectivity index (χ0v) is 15.1. The van der Waals surface area contributed by atoms with Crippen LogP contribution in [0.25, 0.3) is 11.1 Å². The Morgan fingerprint density at radius 2 is 1.96 bits per heavy atom. The van der Waals surface area contributed by atoms with Gasteiger partial charge in [-0.25, -0.2) is 4.79 Å². The van der Waals surface area contributed by atoms with E-state index >= 15 is 0 Å². The number of methoxy groups -OCH3 is 1. The molecule has 1 atom stereocenters. The number of ether oxygens (including phenoxy) is 1. The number of benzene rings is 2. The number of rotatable bonds is 5. The van der Waals surface area contributed by atoms with Crippen molar-refractivity contribution in [2.75, 3.05) is 20.7 Å². The Labute approximate surface area is 156 Å². The second-order valence-electron chi connectivity index (χ2n) is 6.38. The number of likely N-dealkylation sites (N-methyl/N-ethyl adjacent to an activating group) is 1. The number of carbonyl (C=O) groups is 3.